The van der Waals surface area contributed by atoms with Crippen LogP contribution in [0.15, 0.2) is 24.3 Å². The van der Waals surface area contributed by atoms with E-state index in [2.05, 4.69) is 5.32 Å². The van der Waals surface area contributed by atoms with Crippen LogP contribution in [0.2, 0.25) is 0 Å². The van der Waals surface area contributed by atoms with Crippen molar-refractivity contribution in [3.05, 3.63) is 29.8 Å². The molecule has 0 aromatic heterocycles. The molecule has 1 unspecified atom stereocenters. The molecule has 0 bridgehead atoms. The lowest BCUT2D eigenvalue weighted by atomic mass is 9.95. The van der Waals surface area contributed by atoms with E-state index in [0.717, 1.165) is 24.2 Å². The van der Waals surface area contributed by atoms with Crippen molar-refractivity contribution in [2.75, 3.05) is 13.7 Å². The summed E-state index contributed by atoms with van der Waals surface area (Å²) in [4.78, 5) is 12.1. The molecule has 0 spiro atoms. The van der Waals surface area contributed by atoms with Crippen molar-refractivity contribution >= 4 is 5.91 Å². The molecule has 2 rings (SSSR count). The molecule has 3 N–H and O–H groups in total. The Morgan fingerprint density at radius 3 is 2.84 bits per heavy atom. The fourth-order valence-electron chi connectivity index (χ4n) is 2.37. The molecule has 104 valence electrons. The van der Waals surface area contributed by atoms with Crippen LogP contribution in [0.1, 0.15) is 25.3 Å². The third-order valence-corrected chi connectivity index (χ3v) is 3.83. The smallest absolute Gasteiger partial charge is 0.224 e. The summed E-state index contributed by atoms with van der Waals surface area (Å²) in [6.07, 6.45) is 2.68. The van der Waals surface area contributed by atoms with E-state index in [1.54, 1.807) is 7.11 Å². The number of rotatable bonds is 6. The van der Waals surface area contributed by atoms with Crippen LogP contribution in [0.25, 0.3) is 0 Å². The first-order valence-electron chi connectivity index (χ1n) is 6.71. The van der Waals surface area contributed by atoms with Gasteiger partial charge in [0.25, 0.3) is 0 Å². The molecule has 1 aromatic carbocycles. The van der Waals surface area contributed by atoms with Crippen LogP contribution < -0.4 is 15.8 Å². The number of carbonyl (C=O) groups is 1. The highest BCUT2D eigenvalue weighted by Gasteiger charge is 2.41. The first-order valence-corrected chi connectivity index (χ1v) is 6.71. The van der Waals surface area contributed by atoms with Gasteiger partial charge in [0.05, 0.1) is 19.1 Å². The number of methoxy groups -OCH3 is 1. The maximum atomic E-state index is 12.1. The van der Waals surface area contributed by atoms with Crippen molar-refractivity contribution in [2.45, 2.75) is 31.7 Å². The maximum Gasteiger partial charge on any atom is 0.224 e. The summed E-state index contributed by atoms with van der Waals surface area (Å²) in [5.41, 5.74) is 6.50. The molecule has 0 heterocycles. The molecule has 0 radical (unpaired) electrons. The molecule has 19 heavy (non-hydrogen) atoms. The first-order chi connectivity index (χ1) is 9.07. The third-order valence-electron chi connectivity index (χ3n) is 3.83. The Morgan fingerprint density at radius 1 is 1.53 bits per heavy atom. The van der Waals surface area contributed by atoms with Crippen molar-refractivity contribution in [2.24, 2.45) is 11.7 Å². The van der Waals surface area contributed by atoms with Crippen LogP contribution in [0.4, 0.5) is 0 Å². The van der Waals surface area contributed by atoms with E-state index < -0.39 is 0 Å². The number of carbonyl (C=O) groups excluding carboxylic acids is 1. The Bertz CT molecular complexity index is 457. The number of nitrogens with two attached hydrogens (primary N) is 1. The summed E-state index contributed by atoms with van der Waals surface area (Å²) in [5, 5.41) is 3.09. The molecule has 4 heteroatoms. The summed E-state index contributed by atoms with van der Waals surface area (Å²) in [5.74, 6) is 1.33. The van der Waals surface area contributed by atoms with Crippen LogP contribution >= 0.6 is 0 Å². The fraction of sp³-hybridized carbons (Fsp3) is 0.533. The number of hydrogen-bond acceptors (Lipinski definition) is 3. The van der Waals surface area contributed by atoms with Gasteiger partial charge in [-0.2, -0.15) is 0 Å². The van der Waals surface area contributed by atoms with Crippen LogP contribution in [0, 0.1) is 5.92 Å². The van der Waals surface area contributed by atoms with E-state index in [0.29, 0.717) is 18.9 Å². The van der Waals surface area contributed by atoms with Gasteiger partial charge in [-0.15, -0.1) is 0 Å². The highest BCUT2D eigenvalue weighted by atomic mass is 16.5. The van der Waals surface area contributed by atoms with Gasteiger partial charge in [-0.25, -0.2) is 0 Å². The second kappa shape index (κ2) is 5.61. The normalized spacial score (nSPS) is 17.6. The molecule has 1 amide bonds. The highest BCUT2D eigenvalue weighted by Crippen LogP contribution is 2.38. The maximum absolute atomic E-state index is 12.1. The summed E-state index contributed by atoms with van der Waals surface area (Å²) >= 11 is 0. The highest BCUT2D eigenvalue weighted by molar-refractivity contribution is 5.79. The van der Waals surface area contributed by atoms with E-state index in [9.17, 15) is 4.79 Å². The molecule has 4 nitrogen and oxygen atoms in total. The molecule has 1 aromatic rings. The minimum absolute atomic E-state index is 0.0214. The van der Waals surface area contributed by atoms with Gasteiger partial charge in [-0.1, -0.05) is 12.1 Å². The quantitative estimate of drug-likeness (QED) is 0.816. The van der Waals surface area contributed by atoms with Gasteiger partial charge in [-0.05, 0) is 43.4 Å². The Balaban J connectivity index is 1.96. The van der Waals surface area contributed by atoms with E-state index in [-0.39, 0.29) is 11.4 Å². The molecule has 1 saturated carbocycles. The van der Waals surface area contributed by atoms with Crippen molar-refractivity contribution < 1.29 is 9.53 Å². The lowest BCUT2D eigenvalue weighted by Gasteiger charge is -2.29. The second-order valence-corrected chi connectivity index (χ2v) is 5.47. The van der Waals surface area contributed by atoms with Crippen LogP contribution in [0.3, 0.4) is 0 Å². The van der Waals surface area contributed by atoms with Crippen molar-refractivity contribution in [3.63, 3.8) is 0 Å². The summed E-state index contributed by atoms with van der Waals surface area (Å²) in [6, 6.07) is 7.58. The van der Waals surface area contributed by atoms with E-state index in [1.807, 2.05) is 31.2 Å². The van der Waals surface area contributed by atoms with Crippen molar-refractivity contribution in [1.29, 1.82) is 0 Å². The molecule has 0 saturated heterocycles. The zero-order valence-electron chi connectivity index (χ0n) is 11.6. The SMILES string of the molecule is COc1cccc(CC(=O)NC(C)(CN)C2CC2)c1. The van der Waals surface area contributed by atoms with Gasteiger partial charge in [0.15, 0.2) is 0 Å². The molecule has 1 atom stereocenters. The number of hydrogen-bond donors (Lipinski definition) is 2. The van der Waals surface area contributed by atoms with Gasteiger partial charge in [0.2, 0.25) is 5.91 Å². The lowest BCUT2D eigenvalue weighted by Crippen LogP contribution is -2.53. The van der Waals surface area contributed by atoms with Crippen LogP contribution in [0.5, 0.6) is 5.75 Å². The van der Waals surface area contributed by atoms with Crippen molar-refractivity contribution in [3.8, 4) is 5.75 Å². The van der Waals surface area contributed by atoms with Crippen LogP contribution in [-0.4, -0.2) is 25.1 Å². The molecular formula is C15H22N2O2. The molecule has 1 aliphatic carbocycles. The number of nitrogens with one attached hydrogen (secondary N) is 1. The van der Waals surface area contributed by atoms with Gasteiger partial charge in [0, 0.05) is 6.54 Å². The Kier molecular flexibility index (Phi) is 4.10. The third kappa shape index (κ3) is 3.47. The van der Waals surface area contributed by atoms with Crippen LogP contribution in [-0.2, 0) is 11.2 Å². The number of amides is 1. The van der Waals surface area contributed by atoms with E-state index >= 15 is 0 Å². The van der Waals surface area contributed by atoms with Gasteiger partial charge in [-0.3, -0.25) is 4.79 Å². The molecule has 0 aliphatic heterocycles. The Labute approximate surface area is 114 Å². The number of ether oxygens (including phenoxy) is 1. The topological polar surface area (TPSA) is 64.3 Å². The average molecular weight is 262 g/mol. The standard InChI is InChI=1S/C15H22N2O2/c1-15(10-16,12-6-7-12)17-14(18)9-11-4-3-5-13(8-11)19-2/h3-5,8,12H,6-7,9-10,16H2,1-2H3,(H,17,18). The monoisotopic (exact) mass is 262 g/mol. The summed E-state index contributed by atoms with van der Waals surface area (Å²) in [7, 11) is 1.62. The van der Waals surface area contributed by atoms with Gasteiger partial charge < -0.3 is 15.8 Å². The Morgan fingerprint density at radius 2 is 2.26 bits per heavy atom. The first kappa shape index (κ1) is 13.9. The van der Waals surface area contributed by atoms with E-state index in [1.165, 1.54) is 0 Å². The minimum atomic E-state index is -0.254. The Hall–Kier alpha value is -1.55. The summed E-state index contributed by atoms with van der Waals surface area (Å²) < 4.78 is 5.16. The lowest BCUT2D eigenvalue weighted by molar-refractivity contribution is -0.122. The van der Waals surface area contributed by atoms with Crippen molar-refractivity contribution in [1.82, 2.24) is 5.32 Å². The molecule has 1 fully saturated rings. The molecular weight excluding hydrogens is 240 g/mol. The molecule has 1 aliphatic rings. The summed E-state index contributed by atoms with van der Waals surface area (Å²) in [6.45, 7) is 2.52. The zero-order chi connectivity index (χ0) is 13.9. The fourth-order valence-corrected chi connectivity index (χ4v) is 2.37. The minimum Gasteiger partial charge on any atom is -0.497 e. The predicted octanol–water partition coefficient (Wildman–Crippen LogP) is 1.48. The second-order valence-electron chi connectivity index (χ2n) is 5.47. The predicted molar refractivity (Wildman–Crippen MR) is 75.0 cm³/mol. The van der Waals surface area contributed by atoms with E-state index in [4.69, 9.17) is 10.5 Å². The zero-order valence-corrected chi connectivity index (χ0v) is 11.6. The van der Waals surface area contributed by atoms with Gasteiger partial charge in [0.1, 0.15) is 5.75 Å². The average Bonchev–Trinajstić information content (AvgIpc) is 3.23. The van der Waals surface area contributed by atoms with Gasteiger partial charge >= 0.3 is 0 Å². The largest absolute Gasteiger partial charge is 0.497 e. The number of benzene rings is 1.